The van der Waals surface area contributed by atoms with E-state index in [2.05, 4.69) is 25.8 Å². The van der Waals surface area contributed by atoms with Crippen molar-refractivity contribution in [2.45, 2.75) is 6.61 Å². The Labute approximate surface area is 72.6 Å². The lowest BCUT2D eigenvalue weighted by molar-refractivity contribution is 0.121. The van der Waals surface area contributed by atoms with Gasteiger partial charge in [0.05, 0.1) is 10.2 Å². The minimum absolute atomic E-state index is 0.275. The molecule has 0 saturated heterocycles. The van der Waals surface area contributed by atoms with Crippen LogP contribution >= 0.6 is 15.9 Å². The first kappa shape index (κ1) is 8.45. The second-order valence-corrected chi connectivity index (χ2v) is 2.83. The zero-order valence-corrected chi connectivity index (χ0v) is 7.34. The highest BCUT2D eigenvalue weighted by Crippen LogP contribution is 2.16. The summed E-state index contributed by atoms with van der Waals surface area (Å²) in [6, 6.07) is 3.59. The molecule has 0 spiro atoms. The number of nitrogens with zero attached hydrogens (tertiary/aromatic N) is 1. The van der Waals surface area contributed by atoms with Gasteiger partial charge in [0, 0.05) is 0 Å². The molecule has 0 radical (unpaired) electrons. The fourth-order valence-corrected chi connectivity index (χ4v) is 0.887. The van der Waals surface area contributed by atoms with E-state index in [-0.39, 0.29) is 6.61 Å². The standard InChI is InChI=1S/C6H8BrN3O/c7-5-2-1-4(3-11-9)10-6(5)8/h1-2H,3,9H2,(H2,8,10). The number of aromatic nitrogens is 1. The van der Waals surface area contributed by atoms with Gasteiger partial charge in [-0.15, -0.1) is 0 Å². The van der Waals surface area contributed by atoms with E-state index in [1.54, 1.807) is 12.1 Å². The van der Waals surface area contributed by atoms with E-state index in [4.69, 9.17) is 11.6 Å². The first-order chi connectivity index (χ1) is 5.24. The molecule has 1 heterocycles. The van der Waals surface area contributed by atoms with Gasteiger partial charge in [-0.3, -0.25) is 4.84 Å². The molecule has 1 aromatic heterocycles. The lowest BCUT2D eigenvalue weighted by Crippen LogP contribution is -2.02. The number of hydrogen-bond donors (Lipinski definition) is 2. The Morgan fingerprint density at radius 1 is 1.55 bits per heavy atom. The molecule has 0 aliphatic carbocycles. The van der Waals surface area contributed by atoms with Crippen LogP contribution in [0.1, 0.15) is 5.69 Å². The third-order valence-corrected chi connectivity index (χ3v) is 1.83. The second kappa shape index (κ2) is 3.66. The maximum atomic E-state index is 5.50. The molecule has 5 heteroatoms. The van der Waals surface area contributed by atoms with Crippen molar-refractivity contribution in [3.8, 4) is 0 Å². The number of rotatable bonds is 2. The number of hydrogen-bond acceptors (Lipinski definition) is 4. The number of nitrogens with two attached hydrogens (primary N) is 2. The molecule has 60 valence electrons. The fraction of sp³-hybridized carbons (Fsp3) is 0.167. The third kappa shape index (κ3) is 2.14. The van der Waals surface area contributed by atoms with Gasteiger partial charge in [-0.05, 0) is 28.1 Å². The maximum absolute atomic E-state index is 5.50. The van der Waals surface area contributed by atoms with E-state index in [1.807, 2.05) is 0 Å². The minimum Gasteiger partial charge on any atom is -0.383 e. The van der Waals surface area contributed by atoms with Gasteiger partial charge < -0.3 is 5.73 Å². The van der Waals surface area contributed by atoms with Crippen molar-refractivity contribution in [3.05, 3.63) is 22.3 Å². The average Bonchev–Trinajstić information content (AvgIpc) is 1.98. The molecule has 0 aliphatic rings. The molecule has 4 N–H and O–H groups in total. The van der Waals surface area contributed by atoms with E-state index in [0.717, 1.165) is 4.47 Å². The highest BCUT2D eigenvalue weighted by molar-refractivity contribution is 9.10. The molecule has 0 amide bonds. The summed E-state index contributed by atoms with van der Waals surface area (Å²) in [5.74, 6) is 5.30. The van der Waals surface area contributed by atoms with Gasteiger partial charge in [0.2, 0.25) is 0 Å². The van der Waals surface area contributed by atoms with Crippen LogP contribution in [0.15, 0.2) is 16.6 Å². The summed E-state index contributed by atoms with van der Waals surface area (Å²) >= 11 is 3.22. The van der Waals surface area contributed by atoms with Crippen molar-refractivity contribution in [1.82, 2.24) is 4.98 Å². The van der Waals surface area contributed by atoms with Gasteiger partial charge in [0.15, 0.2) is 0 Å². The van der Waals surface area contributed by atoms with E-state index >= 15 is 0 Å². The Hall–Kier alpha value is -0.650. The fourth-order valence-electron chi connectivity index (χ4n) is 0.666. The van der Waals surface area contributed by atoms with E-state index in [0.29, 0.717) is 11.5 Å². The summed E-state index contributed by atoms with van der Waals surface area (Å²) in [6.07, 6.45) is 0. The minimum atomic E-state index is 0.275. The van der Waals surface area contributed by atoms with Crippen molar-refractivity contribution in [1.29, 1.82) is 0 Å². The summed E-state index contributed by atoms with van der Waals surface area (Å²) < 4.78 is 0.776. The van der Waals surface area contributed by atoms with Gasteiger partial charge in [-0.2, -0.15) is 0 Å². The zero-order chi connectivity index (χ0) is 8.27. The summed E-state index contributed by atoms with van der Waals surface area (Å²) in [5, 5.41) is 0. The van der Waals surface area contributed by atoms with Crippen molar-refractivity contribution in [3.63, 3.8) is 0 Å². The van der Waals surface area contributed by atoms with Gasteiger partial charge in [0.25, 0.3) is 0 Å². The van der Waals surface area contributed by atoms with Crippen molar-refractivity contribution in [2.75, 3.05) is 5.73 Å². The molecular weight excluding hydrogens is 210 g/mol. The number of halogens is 1. The molecule has 0 aromatic carbocycles. The van der Waals surface area contributed by atoms with Gasteiger partial charge in [0.1, 0.15) is 12.4 Å². The van der Waals surface area contributed by atoms with Crippen molar-refractivity contribution in [2.24, 2.45) is 5.90 Å². The highest BCUT2D eigenvalue weighted by Gasteiger charge is 1.98. The normalized spacial score (nSPS) is 10.0. The van der Waals surface area contributed by atoms with Crippen molar-refractivity contribution >= 4 is 21.7 Å². The van der Waals surface area contributed by atoms with Crippen LogP contribution in [0, 0.1) is 0 Å². The molecule has 0 unspecified atom stereocenters. The molecule has 4 nitrogen and oxygen atoms in total. The van der Waals surface area contributed by atoms with Crippen LogP contribution in [0.3, 0.4) is 0 Å². The molecule has 1 aromatic rings. The quantitative estimate of drug-likeness (QED) is 0.720. The SMILES string of the molecule is NOCc1ccc(Br)c(N)n1. The van der Waals surface area contributed by atoms with Crippen LogP contribution in [0.5, 0.6) is 0 Å². The van der Waals surface area contributed by atoms with Crippen LogP contribution in [0.2, 0.25) is 0 Å². The molecule has 1 rings (SSSR count). The number of nitrogen functional groups attached to an aromatic ring is 1. The van der Waals surface area contributed by atoms with Crippen LogP contribution in [0.4, 0.5) is 5.82 Å². The Balaban J connectivity index is 2.86. The zero-order valence-electron chi connectivity index (χ0n) is 5.75. The predicted octanol–water partition coefficient (Wildman–Crippen LogP) is 0.817. The molecule has 0 aliphatic heterocycles. The lowest BCUT2D eigenvalue weighted by atomic mass is 10.3. The Bertz CT molecular complexity index is 254. The molecule has 0 fully saturated rings. The number of anilines is 1. The lowest BCUT2D eigenvalue weighted by Gasteiger charge is -2.00. The summed E-state index contributed by atoms with van der Waals surface area (Å²) in [5.41, 5.74) is 6.21. The monoisotopic (exact) mass is 217 g/mol. The highest BCUT2D eigenvalue weighted by atomic mass is 79.9. The first-order valence-corrected chi connectivity index (χ1v) is 3.76. The Morgan fingerprint density at radius 2 is 2.27 bits per heavy atom. The van der Waals surface area contributed by atoms with E-state index < -0.39 is 0 Å². The van der Waals surface area contributed by atoms with Crippen molar-refractivity contribution < 1.29 is 4.84 Å². The molecular formula is C6H8BrN3O. The molecule has 0 saturated carbocycles. The summed E-state index contributed by atoms with van der Waals surface area (Å²) in [6.45, 7) is 0.275. The second-order valence-electron chi connectivity index (χ2n) is 1.98. The summed E-state index contributed by atoms with van der Waals surface area (Å²) in [4.78, 5) is 8.38. The molecule has 0 atom stereocenters. The average molecular weight is 218 g/mol. The van der Waals surface area contributed by atoms with Gasteiger partial charge in [-0.1, -0.05) is 0 Å². The molecule has 11 heavy (non-hydrogen) atoms. The van der Waals surface area contributed by atoms with Crippen LogP contribution in [-0.2, 0) is 11.4 Å². The maximum Gasteiger partial charge on any atom is 0.138 e. The Morgan fingerprint density at radius 3 is 2.82 bits per heavy atom. The first-order valence-electron chi connectivity index (χ1n) is 2.96. The van der Waals surface area contributed by atoms with Crippen LogP contribution in [-0.4, -0.2) is 4.98 Å². The third-order valence-electron chi connectivity index (χ3n) is 1.16. The smallest absolute Gasteiger partial charge is 0.138 e. The van der Waals surface area contributed by atoms with E-state index in [9.17, 15) is 0 Å². The van der Waals surface area contributed by atoms with Gasteiger partial charge in [-0.25, -0.2) is 10.9 Å². The Kier molecular flexibility index (Phi) is 2.81. The number of pyridine rings is 1. The van der Waals surface area contributed by atoms with Crippen LogP contribution < -0.4 is 11.6 Å². The van der Waals surface area contributed by atoms with Gasteiger partial charge >= 0.3 is 0 Å². The molecule has 0 bridgehead atoms. The summed E-state index contributed by atoms with van der Waals surface area (Å²) in [7, 11) is 0. The largest absolute Gasteiger partial charge is 0.383 e. The topological polar surface area (TPSA) is 74.2 Å². The predicted molar refractivity (Wildman–Crippen MR) is 45.3 cm³/mol. The van der Waals surface area contributed by atoms with E-state index in [1.165, 1.54) is 0 Å². The van der Waals surface area contributed by atoms with Crippen LogP contribution in [0.25, 0.3) is 0 Å².